The molecule has 0 amide bonds. The summed E-state index contributed by atoms with van der Waals surface area (Å²) in [5.74, 6) is -0.909. The molecule has 0 bridgehead atoms. The van der Waals surface area contributed by atoms with Crippen molar-refractivity contribution in [2.24, 2.45) is 0 Å². The minimum atomic E-state index is -0.909. The van der Waals surface area contributed by atoms with Crippen molar-refractivity contribution in [2.45, 2.75) is 110 Å². The van der Waals surface area contributed by atoms with E-state index in [1.54, 1.807) is 0 Å². The average Bonchev–Trinajstić information content (AvgIpc) is 2.50. The van der Waals surface area contributed by atoms with Crippen molar-refractivity contribution in [3.05, 3.63) is 12.2 Å². The number of carboxylic acid groups (broad SMARTS) is 1. The number of rotatable bonds is 17. The second-order valence-electron chi connectivity index (χ2n) is 6.41. The largest absolute Gasteiger partial charge is 1.00 e. The molecule has 0 aliphatic carbocycles. The van der Waals surface area contributed by atoms with Crippen LogP contribution in [0.1, 0.15) is 110 Å². The summed E-state index contributed by atoms with van der Waals surface area (Å²) in [7, 11) is 0. The van der Waals surface area contributed by atoms with Crippen LogP contribution in [-0.4, -0.2) is 5.97 Å². The number of carbonyl (C=O) groups excluding carboxylic acids is 1. The van der Waals surface area contributed by atoms with Crippen molar-refractivity contribution in [1.82, 2.24) is 0 Å². The Morgan fingerprint density at radius 2 is 1.09 bits per heavy atom. The van der Waals surface area contributed by atoms with Crippen LogP contribution in [0.25, 0.3) is 0 Å². The standard InChI is InChI=1S/C20H38O2.Ag/c1-2-3-4-5-6-7-8-9-10-11-12-13-14-15-16-17-18-19-20(21)22;/h9-10H,2-8,11-19H2,1H3,(H,21,22);/q;+1/p-1/b10-9-;. The predicted molar refractivity (Wildman–Crippen MR) is 93.7 cm³/mol. The van der Waals surface area contributed by atoms with E-state index in [1.165, 1.54) is 83.5 Å². The molecule has 0 radical (unpaired) electrons. The molecule has 0 aromatic rings. The molecule has 23 heavy (non-hydrogen) atoms. The van der Waals surface area contributed by atoms with Gasteiger partial charge in [0.15, 0.2) is 0 Å². The van der Waals surface area contributed by atoms with Gasteiger partial charge in [0.2, 0.25) is 0 Å². The topological polar surface area (TPSA) is 40.1 Å². The molecule has 0 saturated carbocycles. The molecule has 0 N–H and O–H groups in total. The molecule has 0 saturated heterocycles. The molecule has 0 aliphatic heterocycles. The molecular weight excluding hydrogens is 380 g/mol. The summed E-state index contributed by atoms with van der Waals surface area (Å²) in [4.78, 5) is 10.2. The van der Waals surface area contributed by atoms with E-state index < -0.39 is 5.97 Å². The van der Waals surface area contributed by atoms with E-state index in [9.17, 15) is 9.90 Å². The number of hydrogen-bond donors (Lipinski definition) is 0. The first-order valence-corrected chi connectivity index (χ1v) is 9.62. The zero-order chi connectivity index (χ0) is 16.3. The Balaban J connectivity index is 0. The first kappa shape index (κ1) is 25.2. The van der Waals surface area contributed by atoms with Gasteiger partial charge in [-0.2, -0.15) is 0 Å². The van der Waals surface area contributed by atoms with Crippen LogP contribution in [0, 0.1) is 0 Å². The van der Waals surface area contributed by atoms with Gasteiger partial charge in [-0.3, -0.25) is 0 Å². The number of unbranched alkanes of at least 4 members (excludes halogenated alkanes) is 13. The van der Waals surface area contributed by atoms with Crippen LogP contribution in [0.3, 0.4) is 0 Å². The molecule has 0 aliphatic rings. The molecule has 0 aromatic carbocycles. The Morgan fingerprint density at radius 1 is 0.696 bits per heavy atom. The Morgan fingerprint density at radius 3 is 1.52 bits per heavy atom. The van der Waals surface area contributed by atoms with Crippen LogP contribution < -0.4 is 5.11 Å². The van der Waals surface area contributed by atoms with E-state index in [2.05, 4.69) is 19.1 Å². The molecule has 0 fully saturated rings. The van der Waals surface area contributed by atoms with Gasteiger partial charge in [0.25, 0.3) is 0 Å². The third kappa shape index (κ3) is 24.3. The molecule has 0 unspecified atom stereocenters. The van der Waals surface area contributed by atoms with Crippen LogP contribution in [0.4, 0.5) is 0 Å². The molecule has 0 spiro atoms. The zero-order valence-corrected chi connectivity index (χ0v) is 16.6. The van der Waals surface area contributed by atoms with Crippen LogP contribution in [-0.2, 0) is 27.2 Å². The maximum absolute atomic E-state index is 10.2. The van der Waals surface area contributed by atoms with E-state index in [0.29, 0.717) is 0 Å². The Bertz CT molecular complexity index is 264. The molecular formula is C20H37AgO2. The first-order valence-electron chi connectivity index (χ1n) is 9.62. The van der Waals surface area contributed by atoms with Crippen molar-refractivity contribution < 1.29 is 32.3 Å². The minimum absolute atomic E-state index is 0. The SMILES string of the molecule is CCCCCCCC/C=C\CCCCCCCCCC(=O)[O-].[Ag+]. The van der Waals surface area contributed by atoms with Gasteiger partial charge < -0.3 is 9.90 Å². The van der Waals surface area contributed by atoms with E-state index in [4.69, 9.17) is 0 Å². The first-order chi connectivity index (χ1) is 10.8. The fourth-order valence-electron chi connectivity index (χ4n) is 2.69. The van der Waals surface area contributed by atoms with Crippen molar-refractivity contribution in [3.63, 3.8) is 0 Å². The van der Waals surface area contributed by atoms with E-state index in [1.807, 2.05) is 0 Å². The van der Waals surface area contributed by atoms with Gasteiger partial charge in [-0.05, 0) is 38.5 Å². The molecule has 0 heterocycles. The van der Waals surface area contributed by atoms with Crippen LogP contribution in [0.5, 0.6) is 0 Å². The summed E-state index contributed by atoms with van der Waals surface area (Å²) in [5, 5.41) is 10.2. The maximum atomic E-state index is 10.2. The number of allylic oxidation sites excluding steroid dienone is 2. The predicted octanol–water partition coefficient (Wildman–Crippen LogP) is 5.55. The smallest absolute Gasteiger partial charge is 0.550 e. The third-order valence-corrected chi connectivity index (χ3v) is 4.14. The summed E-state index contributed by atoms with van der Waals surface area (Å²) < 4.78 is 0. The maximum Gasteiger partial charge on any atom is 1.00 e. The fourth-order valence-corrected chi connectivity index (χ4v) is 2.69. The van der Waals surface area contributed by atoms with Crippen molar-refractivity contribution in [2.75, 3.05) is 0 Å². The van der Waals surface area contributed by atoms with Gasteiger partial charge in [-0.1, -0.05) is 83.3 Å². The summed E-state index contributed by atoms with van der Waals surface area (Å²) in [6, 6.07) is 0. The summed E-state index contributed by atoms with van der Waals surface area (Å²) in [6.07, 6.45) is 23.8. The van der Waals surface area contributed by atoms with Crippen molar-refractivity contribution in [1.29, 1.82) is 0 Å². The number of carbonyl (C=O) groups is 1. The van der Waals surface area contributed by atoms with Gasteiger partial charge in [-0.15, -0.1) is 0 Å². The Kier molecular flexibility index (Phi) is 24.0. The van der Waals surface area contributed by atoms with Gasteiger partial charge in [0, 0.05) is 5.97 Å². The fraction of sp³-hybridized carbons (Fsp3) is 0.850. The van der Waals surface area contributed by atoms with E-state index >= 15 is 0 Å². The summed E-state index contributed by atoms with van der Waals surface area (Å²) in [5.41, 5.74) is 0. The van der Waals surface area contributed by atoms with E-state index in [-0.39, 0.29) is 28.8 Å². The zero-order valence-electron chi connectivity index (χ0n) is 15.1. The monoisotopic (exact) mass is 416 g/mol. The number of carboxylic acids is 1. The third-order valence-electron chi connectivity index (χ3n) is 4.14. The molecule has 2 nitrogen and oxygen atoms in total. The second-order valence-corrected chi connectivity index (χ2v) is 6.41. The number of hydrogen-bond acceptors (Lipinski definition) is 2. The van der Waals surface area contributed by atoms with Crippen LogP contribution >= 0.6 is 0 Å². The molecule has 0 aromatic heterocycles. The Labute approximate surface area is 160 Å². The van der Waals surface area contributed by atoms with Gasteiger partial charge in [0.1, 0.15) is 0 Å². The van der Waals surface area contributed by atoms with Crippen molar-refractivity contribution in [3.8, 4) is 0 Å². The second kappa shape index (κ2) is 22.0. The normalized spacial score (nSPS) is 10.8. The molecule has 0 atom stereocenters. The molecule has 0 rings (SSSR count). The van der Waals surface area contributed by atoms with Crippen molar-refractivity contribution >= 4 is 5.97 Å². The Hall–Kier alpha value is -0.0497. The van der Waals surface area contributed by atoms with Crippen LogP contribution in [0.2, 0.25) is 0 Å². The number of aliphatic carboxylic acids is 1. The average molecular weight is 417 g/mol. The quantitative estimate of drug-likeness (QED) is 0.177. The van der Waals surface area contributed by atoms with Gasteiger partial charge in [-0.25, -0.2) is 0 Å². The van der Waals surface area contributed by atoms with Crippen LogP contribution in [0.15, 0.2) is 12.2 Å². The van der Waals surface area contributed by atoms with E-state index in [0.717, 1.165) is 12.8 Å². The van der Waals surface area contributed by atoms with Gasteiger partial charge >= 0.3 is 22.4 Å². The summed E-state index contributed by atoms with van der Waals surface area (Å²) >= 11 is 0. The summed E-state index contributed by atoms with van der Waals surface area (Å²) in [6.45, 7) is 2.26. The van der Waals surface area contributed by atoms with Gasteiger partial charge in [0.05, 0.1) is 0 Å². The minimum Gasteiger partial charge on any atom is -0.550 e. The molecule has 3 heteroatoms. The molecule has 140 valence electrons.